The molecule has 0 bridgehead atoms. The van der Waals surface area contributed by atoms with Crippen molar-refractivity contribution in [2.45, 2.75) is 6.92 Å². The van der Waals surface area contributed by atoms with E-state index in [0.717, 1.165) is 32.4 Å². The summed E-state index contributed by atoms with van der Waals surface area (Å²) in [4.78, 5) is 18.4. The summed E-state index contributed by atoms with van der Waals surface area (Å²) >= 11 is 1.57. The first-order valence-electron chi connectivity index (χ1n) is 11.0. The van der Waals surface area contributed by atoms with Crippen LogP contribution in [0.5, 0.6) is 11.5 Å². The number of nitrogens with zero attached hydrogens (tertiary/aromatic N) is 2. The molecule has 172 valence electrons. The third-order valence-electron chi connectivity index (χ3n) is 5.72. The molecular formula is C27H20N4O3S. The zero-order chi connectivity index (χ0) is 23.8. The maximum absolute atomic E-state index is 12.7. The Morgan fingerprint density at radius 3 is 2.49 bits per heavy atom. The van der Waals surface area contributed by atoms with E-state index in [-0.39, 0.29) is 12.7 Å². The lowest BCUT2D eigenvalue weighted by atomic mass is 10.0. The number of nitrogens with one attached hydrogen (secondary N) is 2. The van der Waals surface area contributed by atoms with Crippen molar-refractivity contribution < 1.29 is 14.3 Å². The molecule has 3 aromatic carbocycles. The van der Waals surface area contributed by atoms with Crippen LogP contribution in [0.3, 0.4) is 0 Å². The summed E-state index contributed by atoms with van der Waals surface area (Å²) in [6, 6.07) is 25.7. The average Bonchev–Trinajstić information content (AvgIpc) is 3.64. The van der Waals surface area contributed by atoms with Gasteiger partial charge in [-0.2, -0.15) is 5.10 Å². The number of rotatable bonds is 5. The van der Waals surface area contributed by atoms with Gasteiger partial charge < -0.3 is 14.8 Å². The molecule has 1 amide bonds. The second-order valence-electron chi connectivity index (χ2n) is 8.07. The Kier molecular flexibility index (Phi) is 5.27. The highest BCUT2D eigenvalue weighted by atomic mass is 32.1. The van der Waals surface area contributed by atoms with Crippen LogP contribution in [0.15, 0.2) is 78.9 Å². The SMILES string of the molecule is Cc1nc(-c2ccc(-c3ccccc3)cc2)sc1-c1cc(C(=O)Nc2ccc3c(c2)OCO3)n[nH]1. The number of anilines is 1. The quantitative estimate of drug-likeness (QED) is 0.315. The number of aromatic nitrogens is 3. The average molecular weight is 481 g/mol. The zero-order valence-electron chi connectivity index (χ0n) is 18.7. The molecule has 0 saturated heterocycles. The summed E-state index contributed by atoms with van der Waals surface area (Å²) in [6.45, 7) is 2.14. The van der Waals surface area contributed by atoms with E-state index in [4.69, 9.17) is 14.5 Å². The van der Waals surface area contributed by atoms with Gasteiger partial charge in [0.05, 0.1) is 16.3 Å². The molecule has 1 aliphatic rings. The number of fused-ring (bicyclic) bond motifs is 1. The van der Waals surface area contributed by atoms with Crippen molar-refractivity contribution in [1.29, 1.82) is 0 Å². The molecule has 2 aromatic heterocycles. The summed E-state index contributed by atoms with van der Waals surface area (Å²) in [6.07, 6.45) is 0. The fourth-order valence-corrected chi connectivity index (χ4v) is 4.97. The van der Waals surface area contributed by atoms with Crippen molar-refractivity contribution in [2.75, 3.05) is 12.1 Å². The molecule has 0 aliphatic carbocycles. The number of hydrogen-bond acceptors (Lipinski definition) is 6. The Morgan fingerprint density at radius 2 is 1.66 bits per heavy atom. The Balaban J connectivity index is 1.20. The minimum Gasteiger partial charge on any atom is -0.454 e. The second-order valence-corrected chi connectivity index (χ2v) is 9.07. The lowest BCUT2D eigenvalue weighted by Gasteiger charge is -2.04. The first-order chi connectivity index (χ1) is 17.1. The van der Waals surface area contributed by atoms with E-state index in [1.807, 2.05) is 25.1 Å². The second kappa shape index (κ2) is 8.73. The topological polar surface area (TPSA) is 89.1 Å². The number of ether oxygens (including phenoxy) is 2. The molecule has 7 nitrogen and oxygen atoms in total. The van der Waals surface area contributed by atoms with Crippen molar-refractivity contribution in [3.8, 4) is 43.8 Å². The molecule has 0 fully saturated rings. The maximum atomic E-state index is 12.7. The highest BCUT2D eigenvalue weighted by molar-refractivity contribution is 7.18. The van der Waals surface area contributed by atoms with Gasteiger partial charge in [-0.1, -0.05) is 54.6 Å². The number of aryl methyl sites for hydroxylation is 1. The molecule has 8 heteroatoms. The summed E-state index contributed by atoms with van der Waals surface area (Å²) in [5.41, 5.74) is 5.92. The van der Waals surface area contributed by atoms with Crippen LogP contribution >= 0.6 is 11.3 Å². The summed E-state index contributed by atoms with van der Waals surface area (Å²) in [7, 11) is 0. The number of aromatic amines is 1. The van der Waals surface area contributed by atoms with Gasteiger partial charge in [-0.3, -0.25) is 9.89 Å². The molecule has 0 spiro atoms. The monoisotopic (exact) mass is 480 g/mol. The number of H-pyrrole nitrogens is 1. The van der Waals surface area contributed by atoms with E-state index in [0.29, 0.717) is 22.9 Å². The number of carbonyl (C=O) groups excluding carboxylic acids is 1. The van der Waals surface area contributed by atoms with Gasteiger partial charge in [0.15, 0.2) is 17.2 Å². The molecule has 0 atom stereocenters. The highest BCUT2D eigenvalue weighted by Gasteiger charge is 2.18. The van der Waals surface area contributed by atoms with E-state index in [1.54, 1.807) is 35.6 Å². The van der Waals surface area contributed by atoms with Crippen LogP contribution in [-0.4, -0.2) is 27.9 Å². The third-order valence-corrected chi connectivity index (χ3v) is 6.96. The van der Waals surface area contributed by atoms with E-state index < -0.39 is 0 Å². The van der Waals surface area contributed by atoms with Crippen molar-refractivity contribution in [1.82, 2.24) is 15.2 Å². The Bertz CT molecular complexity index is 1520. The maximum Gasteiger partial charge on any atom is 0.276 e. The largest absolute Gasteiger partial charge is 0.454 e. The number of carbonyl (C=O) groups is 1. The fraction of sp³-hybridized carbons (Fsp3) is 0.0741. The minimum absolute atomic E-state index is 0.183. The van der Waals surface area contributed by atoms with Gasteiger partial charge in [-0.25, -0.2) is 4.98 Å². The highest BCUT2D eigenvalue weighted by Crippen LogP contribution is 2.36. The normalized spacial score (nSPS) is 12.0. The molecule has 35 heavy (non-hydrogen) atoms. The fourth-order valence-electron chi connectivity index (χ4n) is 3.93. The molecule has 6 rings (SSSR count). The smallest absolute Gasteiger partial charge is 0.276 e. The summed E-state index contributed by atoms with van der Waals surface area (Å²) in [5.74, 6) is 0.955. The lowest BCUT2D eigenvalue weighted by molar-refractivity contribution is 0.102. The van der Waals surface area contributed by atoms with Gasteiger partial charge >= 0.3 is 0 Å². The van der Waals surface area contributed by atoms with Crippen LogP contribution in [0.2, 0.25) is 0 Å². The van der Waals surface area contributed by atoms with E-state index >= 15 is 0 Å². The van der Waals surface area contributed by atoms with Gasteiger partial charge in [0.1, 0.15) is 5.01 Å². The van der Waals surface area contributed by atoms with Gasteiger partial charge in [0, 0.05) is 17.3 Å². The van der Waals surface area contributed by atoms with Crippen LogP contribution in [0.1, 0.15) is 16.2 Å². The zero-order valence-corrected chi connectivity index (χ0v) is 19.6. The van der Waals surface area contributed by atoms with Crippen molar-refractivity contribution in [2.24, 2.45) is 0 Å². The number of hydrogen-bond donors (Lipinski definition) is 2. The Hall–Kier alpha value is -4.43. The van der Waals surface area contributed by atoms with Gasteiger partial charge in [0.25, 0.3) is 5.91 Å². The number of amides is 1. The van der Waals surface area contributed by atoms with E-state index in [2.05, 4.69) is 51.9 Å². The molecule has 0 unspecified atom stereocenters. The molecule has 2 N–H and O–H groups in total. The van der Waals surface area contributed by atoms with Crippen molar-refractivity contribution in [3.05, 3.63) is 90.3 Å². The predicted octanol–water partition coefficient (Wildman–Crippen LogP) is 6.16. The molecule has 1 aliphatic heterocycles. The number of benzene rings is 3. The minimum atomic E-state index is -0.315. The van der Waals surface area contributed by atoms with Gasteiger partial charge in [-0.05, 0) is 36.2 Å². The van der Waals surface area contributed by atoms with Crippen molar-refractivity contribution in [3.63, 3.8) is 0 Å². The third kappa shape index (κ3) is 4.15. The van der Waals surface area contributed by atoms with E-state index in [9.17, 15) is 4.79 Å². The Labute approximate surface area is 205 Å². The van der Waals surface area contributed by atoms with Crippen LogP contribution in [0.25, 0.3) is 32.3 Å². The molecule has 0 radical (unpaired) electrons. The molecule has 3 heterocycles. The van der Waals surface area contributed by atoms with Gasteiger partial charge in [-0.15, -0.1) is 11.3 Å². The summed E-state index contributed by atoms with van der Waals surface area (Å²) in [5, 5.41) is 11.0. The first-order valence-corrected chi connectivity index (χ1v) is 11.9. The van der Waals surface area contributed by atoms with Crippen LogP contribution in [0, 0.1) is 6.92 Å². The lowest BCUT2D eigenvalue weighted by Crippen LogP contribution is -2.12. The molecular weight excluding hydrogens is 460 g/mol. The van der Waals surface area contributed by atoms with Gasteiger partial charge in [0.2, 0.25) is 6.79 Å². The van der Waals surface area contributed by atoms with Crippen LogP contribution in [0.4, 0.5) is 5.69 Å². The summed E-state index contributed by atoms with van der Waals surface area (Å²) < 4.78 is 10.7. The predicted molar refractivity (Wildman–Crippen MR) is 136 cm³/mol. The van der Waals surface area contributed by atoms with E-state index in [1.165, 1.54) is 5.56 Å². The van der Waals surface area contributed by atoms with Crippen LogP contribution < -0.4 is 14.8 Å². The van der Waals surface area contributed by atoms with Crippen LogP contribution in [-0.2, 0) is 0 Å². The standard InChI is InChI=1S/C27H20N4O3S/c1-16-25(35-27(28-16)19-9-7-18(8-10-19)17-5-3-2-4-6-17)21-14-22(31-30-21)26(32)29-20-11-12-23-24(13-20)34-15-33-23/h2-14H,15H2,1H3,(H,29,32)(H,30,31). The van der Waals surface area contributed by atoms with Crippen molar-refractivity contribution >= 4 is 22.9 Å². The first kappa shape index (κ1) is 21.1. The molecule has 5 aromatic rings. The number of thiazole rings is 1. The Morgan fingerprint density at radius 1 is 0.914 bits per heavy atom. The molecule has 0 saturated carbocycles.